The summed E-state index contributed by atoms with van der Waals surface area (Å²) in [7, 11) is 0. The van der Waals surface area contributed by atoms with E-state index in [2.05, 4.69) is 35.1 Å². The van der Waals surface area contributed by atoms with Gasteiger partial charge in [-0.15, -0.1) is 0 Å². The fraction of sp³-hybridized carbons (Fsp3) is 0.417. The summed E-state index contributed by atoms with van der Waals surface area (Å²) >= 11 is 3.37. The van der Waals surface area contributed by atoms with E-state index in [1.165, 1.54) is 6.42 Å². The van der Waals surface area contributed by atoms with Crippen molar-refractivity contribution in [2.45, 2.75) is 32.0 Å². The van der Waals surface area contributed by atoms with Crippen LogP contribution in [-0.4, -0.2) is 16.0 Å². The number of alkyl halides is 1. The van der Waals surface area contributed by atoms with Crippen LogP contribution in [0.1, 0.15) is 25.8 Å². The lowest BCUT2D eigenvalue weighted by molar-refractivity contribution is 0.210. The lowest BCUT2D eigenvalue weighted by Crippen LogP contribution is -2.06. The first-order valence-corrected chi connectivity index (χ1v) is 6.08. The molecule has 0 bridgehead atoms. The van der Waals surface area contributed by atoms with Crippen molar-refractivity contribution < 1.29 is 9.90 Å². The van der Waals surface area contributed by atoms with Gasteiger partial charge >= 0.3 is 6.09 Å². The highest BCUT2D eigenvalue weighted by Crippen LogP contribution is 2.08. The molecule has 1 amide bonds. The van der Waals surface area contributed by atoms with Gasteiger partial charge in [-0.2, -0.15) is 0 Å². The van der Waals surface area contributed by atoms with Crippen molar-refractivity contribution in [3.8, 4) is 0 Å². The number of halogens is 1. The van der Waals surface area contributed by atoms with Crippen LogP contribution in [0.25, 0.3) is 0 Å². The standard InChI is InChI=1S/C8H9NO2.C4H9Br/c1-6-3-2-4-7(5-6)9-8(10)11;1-3-4(2)5/h2-5,9H,1H3,(H,10,11);4H,3H2,1-2H3. The van der Waals surface area contributed by atoms with Crippen molar-refractivity contribution in [3.05, 3.63) is 29.8 Å². The van der Waals surface area contributed by atoms with Crippen molar-refractivity contribution in [3.63, 3.8) is 0 Å². The van der Waals surface area contributed by atoms with Crippen LogP contribution in [0.2, 0.25) is 0 Å². The summed E-state index contributed by atoms with van der Waals surface area (Å²) in [5.74, 6) is 0. The number of carboxylic acid groups (broad SMARTS) is 1. The highest BCUT2D eigenvalue weighted by Gasteiger charge is 1.95. The van der Waals surface area contributed by atoms with E-state index >= 15 is 0 Å². The van der Waals surface area contributed by atoms with Crippen LogP contribution < -0.4 is 5.32 Å². The Bertz CT molecular complexity index is 327. The summed E-state index contributed by atoms with van der Waals surface area (Å²) in [6.45, 7) is 6.20. The van der Waals surface area contributed by atoms with Gasteiger partial charge in [0.2, 0.25) is 0 Å². The number of rotatable bonds is 2. The number of carbonyl (C=O) groups is 1. The van der Waals surface area contributed by atoms with E-state index in [0.29, 0.717) is 10.5 Å². The quantitative estimate of drug-likeness (QED) is 0.799. The molecular formula is C12H18BrNO2. The van der Waals surface area contributed by atoms with Gasteiger partial charge in [-0.25, -0.2) is 4.79 Å². The second-order valence-electron chi connectivity index (χ2n) is 3.49. The zero-order chi connectivity index (χ0) is 12.6. The van der Waals surface area contributed by atoms with Crippen molar-refractivity contribution in [1.29, 1.82) is 0 Å². The van der Waals surface area contributed by atoms with Gasteiger partial charge in [0, 0.05) is 10.5 Å². The van der Waals surface area contributed by atoms with Gasteiger partial charge in [-0.05, 0) is 31.0 Å². The van der Waals surface area contributed by atoms with Gasteiger partial charge < -0.3 is 5.11 Å². The number of nitrogens with one attached hydrogen (secondary N) is 1. The van der Waals surface area contributed by atoms with Crippen LogP contribution in [0, 0.1) is 6.92 Å². The molecule has 0 saturated carbocycles. The zero-order valence-electron chi connectivity index (χ0n) is 9.83. The molecule has 0 aliphatic carbocycles. The molecule has 4 heteroatoms. The molecule has 0 aromatic heterocycles. The molecule has 16 heavy (non-hydrogen) atoms. The first-order valence-electron chi connectivity index (χ1n) is 5.16. The van der Waals surface area contributed by atoms with Crippen LogP contribution in [0.4, 0.5) is 10.5 Å². The van der Waals surface area contributed by atoms with Crippen LogP contribution in [0.5, 0.6) is 0 Å². The Labute approximate surface area is 105 Å². The van der Waals surface area contributed by atoms with Crippen LogP contribution >= 0.6 is 15.9 Å². The molecule has 0 heterocycles. The topological polar surface area (TPSA) is 49.3 Å². The molecule has 3 nitrogen and oxygen atoms in total. The minimum Gasteiger partial charge on any atom is -0.465 e. The van der Waals surface area contributed by atoms with E-state index < -0.39 is 6.09 Å². The summed E-state index contributed by atoms with van der Waals surface area (Å²) in [4.78, 5) is 10.9. The van der Waals surface area contributed by atoms with Crippen LogP contribution in [-0.2, 0) is 0 Å². The number of anilines is 1. The molecule has 0 radical (unpaired) electrons. The highest BCUT2D eigenvalue weighted by atomic mass is 79.9. The third-order valence-electron chi connectivity index (χ3n) is 1.83. The van der Waals surface area contributed by atoms with E-state index in [-0.39, 0.29) is 0 Å². The second kappa shape index (κ2) is 8.16. The molecule has 0 aliphatic rings. The molecule has 1 atom stereocenters. The number of hydrogen-bond acceptors (Lipinski definition) is 1. The minimum absolute atomic E-state index is 0.609. The molecule has 0 spiro atoms. The van der Waals surface area contributed by atoms with Crippen molar-refractivity contribution >= 4 is 27.7 Å². The molecule has 0 aliphatic heterocycles. The lowest BCUT2D eigenvalue weighted by Gasteiger charge is -1.99. The SMILES string of the molecule is CCC(C)Br.Cc1cccc(NC(=O)O)c1. The fourth-order valence-electron chi connectivity index (χ4n) is 0.846. The van der Waals surface area contributed by atoms with Crippen molar-refractivity contribution in [1.82, 2.24) is 0 Å². The molecule has 1 rings (SSSR count). The molecule has 1 aromatic carbocycles. The van der Waals surface area contributed by atoms with Gasteiger partial charge in [0.05, 0.1) is 0 Å². The van der Waals surface area contributed by atoms with Crippen molar-refractivity contribution in [2.24, 2.45) is 0 Å². The van der Waals surface area contributed by atoms with Crippen LogP contribution in [0.3, 0.4) is 0 Å². The Morgan fingerprint density at radius 2 is 2.12 bits per heavy atom. The van der Waals surface area contributed by atoms with E-state index in [4.69, 9.17) is 5.11 Å². The lowest BCUT2D eigenvalue weighted by atomic mass is 10.2. The Morgan fingerprint density at radius 3 is 2.50 bits per heavy atom. The maximum absolute atomic E-state index is 10.2. The smallest absolute Gasteiger partial charge is 0.409 e. The number of amides is 1. The van der Waals surface area contributed by atoms with Gasteiger partial charge in [0.1, 0.15) is 0 Å². The minimum atomic E-state index is -1.03. The Hall–Kier alpha value is -1.03. The van der Waals surface area contributed by atoms with Crippen molar-refractivity contribution in [2.75, 3.05) is 5.32 Å². The zero-order valence-corrected chi connectivity index (χ0v) is 11.4. The molecule has 0 fully saturated rings. The second-order valence-corrected chi connectivity index (χ2v) is 5.05. The summed E-state index contributed by atoms with van der Waals surface area (Å²) < 4.78 is 0. The Morgan fingerprint density at radius 1 is 1.56 bits per heavy atom. The van der Waals surface area contributed by atoms with E-state index in [1.807, 2.05) is 13.0 Å². The van der Waals surface area contributed by atoms with E-state index in [0.717, 1.165) is 5.56 Å². The third kappa shape index (κ3) is 8.29. The Balaban J connectivity index is 0.000000385. The summed E-state index contributed by atoms with van der Waals surface area (Å²) in [6, 6.07) is 7.20. The molecule has 1 unspecified atom stereocenters. The molecule has 90 valence electrons. The molecular weight excluding hydrogens is 270 g/mol. The first-order chi connectivity index (χ1) is 7.45. The normalized spacial score (nSPS) is 11.0. The largest absolute Gasteiger partial charge is 0.465 e. The van der Waals surface area contributed by atoms with Crippen LogP contribution in [0.15, 0.2) is 24.3 Å². The molecule has 2 N–H and O–H groups in total. The molecule has 0 saturated heterocycles. The van der Waals surface area contributed by atoms with E-state index in [9.17, 15) is 4.79 Å². The van der Waals surface area contributed by atoms with Gasteiger partial charge in [0.25, 0.3) is 0 Å². The summed E-state index contributed by atoms with van der Waals surface area (Å²) in [5, 5.41) is 10.6. The number of aryl methyl sites for hydroxylation is 1. The number of hydrogen-bond donors (Lipinski definition) is 2. The molecule has 1 aromatic rings. The third-order valence-corrected chi connectivity index (χ3v) is 2.48. The average molecular weight is 288 g/mol. The Kier molecular flexibility index (Phi) is 7.64. The first kappa shape index (κ1) is 15.0. The van der Waals surface area contributed by atoms with Gasteiger partial charge in [0.15, 0.2) is 0 Å². The maximum Gasteiger partial charge on any atom is 0.409 e. The summed E-state index contributed by atoms with van der Waals surface area (Å²) in [5.41, 5.74) is 1.65. The average Bonchev–Trinajstić information content (AvgIpc) is 2.17. The van der Waals surface area contributed by atoms with E-state index in [1.54, 1.807) is 18.2 Å². The maximum atomic E-state index is 10.2. The predicted octanol–water partition coefficient (Wildman–Crippen LogP) is 4.26. The fourth-order valence-corrected chi connectivity index (χ4v) is 0.846. The predicted molar refractivity (Wildman–Crippen MR) is 71.5 cm³/mol. The van der Waals surface area contributed by atoms with Gasteiger partial charge in [-0.3, -0.25) is 5.32 Å². The van der Waals surface area contributed by atoms with Gasteiger partial charge in [-0.1, -0.05) is 41.9 Å². The highest BCUT2D eigenvalue weighted by molar-refractivity contribution is 9.09. The summed E-state index contributed by atoms with van der Waals surface area (Å²) in [6.07, 6.45) is 0.190. The number of benzene rings is 1. The monoisotopic (exact) mass is 287 g/mol.